The minimum Gasteiger partial charge on any atom is -0.497 e. The molecule has 3 N–H and O–H groups in total. The second-order valence-electron chi connectivity index (χ2n) is 4.79. The van der Waals surface area contributed by atoms with Gasteiger partial charge in [-0.1, -0.05) is 12.1 Å². The Morgan fingerprint density at radius 1 is 1.30 bits per heavy atom. The predicted molar refractivity (Wildman–Crippen MR) is 82.5 cm³/mol. The number of nitrogens with two attached hydrogens (primary N) is 1. The van der Waals surface area contributed by atoms with Crippen molar-refractivity contribution in [1.29, 1.82) is 0 Å². The number of hydrogen-bond acceptors (Lipinski definition) is 4. The van der Waals surface area contributed by atoms with Crippen LogP contribution in [0.2, 0.25) is 0 Å². The van der Waals surface area contributed by atoms with Crippen molar-refractivity contribution in [2.45, 2.75) is 25.9 Å². The summed E-state index contributed by atoms with van der Waals surface area (Å²) in [4.78, 5) is 0. The largest absolute Gasteiger partial charge is 0.497 e. The lowest BCUT2D eigenvalue weighted by Crippen LogP contribution is -2.31. The summed E-state index contributed by atoms with van der Waals surface area (Å²) in [6.07, 6.45) is 1.79. The first-order valence-corrected chi connectivity index (χ1v) is 7.20. The van der Waals surface area contributed by atoms with Crippen LogP contribution in [0, 0.1) is 0 Å². The number of halogens is 1. The Labute approximate surface area is 127 Å². The van der Waals surface area contributed by atoms with E-state index in [-0.39, 0.29) is 12.1 Å². The molecule has 1 unspecified atom stereocenters. The van der Waals surface area contributed by atoms with Crippen molar-refractivity contribution < 1.29 is 4.74 Å². The Morgan fingerprint density at radius 2 is 1.95 bits per heavy atom. The van der Waals surface area contributed by atoms with Gasteiger partial charge in [0.25, 0.3) is 0 Å². The Bertz CT molecular complexity index is 565. The summed E-state index contributed by atoms with van der Waals surface area (Å²) in [5, 5.41) is 4.39. The molecule has 6 heteroatoms. The molecular formula is C14H19BrN4O. The third kappa shape index (κ3) is 2.87. The van der Waals surface area contributed by atoms with Gasteiger partial charge in [-0.05, 0) is 47.5 Å². The number of hydrogen-bond donors (Lipinski definition) is 2. The molecule has 2 aromatic rings. The summed E-state index contributed by atoms with van der Waals surface area (Å²) in [5.74, 6) is 6.58. The molecule has 108 valence electrons. The van der Waals surface area contributed by atoms with E-state index in [1.807, 2.05) is 28.9 Å². The highest BCUT2D eigenvalue weighted by Gasteiger charge is 2.22. The van der Waals surface area contributed by atoms with Gasteiger partial charge in [-0.15, -0.1) is 0 Å². The van der Waals surface area contributed by atoms with Gasteiger partial charge >= 0.3 is 0 Å². The molecule has 0 aliphatic heterocycles. The standard InChI is InChI=1S/C14H19BrN4O/c1-9(2)19-14(12(15)8-17-19)13(18-16)10-4-6-11(20-3)7-5-10/h4-9,13,18H,16H2,1-3H3. The zero-order valence-corrected chi connectivity index (χ0v) is 13.4. The maximum Gasteiger partial charge on any atom is 0.118 e. The number of hydrazine groups is 1. The van der Waals surface area contributed by atoms with Crippen molar-refractivity contribution in [2.24, 2.45) is 5.84 Å². The molecule has 0 spiro atoms. The number of nitrogens with one attached hydrogen (secondary N) is 1. The number of rotatable bonds is 5. The maximum absolute atomic E-state index is 5.76. The van der Waals surface area contributed by atoms with Crippen LogP contribution in [-0.2, 0) is 0 Å². The number of nitrogens with zero attached hydrogens (tertiary/aromatic N) is 2. The lowest BCUT2D eigenvalue weighted by Gasteiger charge is -2.21. The SMILES string of the molecule is COc1ccc(C(NN)c2c(Br)cnn2C(C)C)cc1. The molecule has 1 aromatic heterocycles. The van der Waals surface area contributed by atoms with Gasteiger partial charge in [0.05, 0.1) is 29.5 Å². The molecule has 0 aliphatic carbocycles. The van der Waals surface area contributed by atoms with Crippen LogP contribution in [0.15, 0.2) is 34.9 Å². The van der Waals surface area contributed by atoms with Crippen molar-refractivity contribution >= 4 is 15.9 Å². The second-order valence-corrected chi connectivity index (χ2v) is 5.64. The van der Waals surface area contributed by atoms with Crippen LogP contribution >= 0.6 is 15.9 Å². The fraction of sp³-hybridized carbons (Fsp3) is 0.357. The van der Waals surface area contributed by atoms with Crippen molar-refractivity contribution in [3.05, 3.63) is 46.2 Å². The predicted octanol–water partition coefficient (Wildman–Crippen LogP) is 2.79. The first-order valence-electron chi connectivity index (χ1n) is 6.41. The van der Waals surface area contributed by atoms with Crippen LogP contribution < -0.4 is 16.0 Å². The van der Waals surface area contributed by atoms with E-state index in [9.17, 15) is 0 Å². The van der Waals surface area contributed by atoms with Crippen LogP contribution in [-0.4, -0.2) is 16.9 Å². The molecular weight excluding hydrogens is 320 g/mol. The monoisotopic (exact) mass is 338 g/mol. The summed E-state index contributed by atoms with van der Waals surface area (Å²) < 4.78 is 8.07. The Balaban J connectivity index is 2.43. The van der Waals surface area contributed by atoms with E-state index in [1.54, 1.807) is 13.3 Å². The molecule has 1 heterocycles. The van der Waals surface area contributed by atoms with E-state index in [2.05, 4.69) is 40.3 Å². The van der Waals surface area contributed by atoms with E-state index in [0.717, 1.165) is 21.5 Å². The average molecular weight is 339 g/mol. The van der Waals surface area contributed by atoms with E-state index in [1.165, 1.54) is 0 Å². The molecule has 0 bridgehead atoms. The number of aromatic nitrogens is 2. The third-order valence-electron chi connectivity index (χ3n) is 3.17. The number of benzene rings is 1. The van der Waals surface area contributed by atoms with Crippen LogP contribution in [0.1, 0.15) is 37.2 Å². The Morgan fingerprint density at radius 3 is 2.45 bits per heavy atom. The molecule has 1 atom stereocenters. The van der Waals surface area contributed by atoms with Gasteiger partial charge in [0.2, 0.25) is 0 Å². The lowest BCUT2D eigenvalue weighted by atomic mass is 10.0. The van der Waals surface area contributed by atoms with Crippen molar-refractivity contribution in [2.75, 3.05) is 7.11 Å². The highest BCUT2D eigenvalue weighted by atomic mass is 79.9. The minimum absolute atomic E-state index is 0.139. The zero-order valence-electron chi connectivity index (χ0n) is 11.8. The molecule has 0 fully saturated rings. The first kappa shape index (κ1) is 15.0. The van der Waals surface area contributed by atoms with Gasteiger partial charge in [-0.3, -0.25) is 10.5 Å². The first-order chi connectivity index (χ1) is 9.58. The molecule has 0 saturated heterocycles. The highest BCUT2D eigenvalue weighted by Crippen LogP contribution is 2.30. The lowest BCUT2D eigenvalue weighted by molar-refractivity contribution is 0.414. The fourth-order valence-electron chi connectivity index (χ4n) is 2.16. The van der Waals surface area contributed by atoms with Crippen LogP contribution in [0.4, 0.5) is 0 Å². The van der Waals surface area contributed by atoms with Gasteiger partial charge in [0.1, 0.15) is 5.75 Å². The van der Waals surface area contributed by atoms with Gasteiger partial charge in [0.15, 0.2) is 0 Å². The summed E-state index contributed by atoms with van der Waals surface area (Å²) in [6, 6.07) is 7.94. The normalized spacial score (nSPS) is 12.7. The van der Waals surface area contributed by atoms with Gasteiger partial charge in [-0.2, -0.15) is 5.10 Å². The van der Waals surface area contributed by atoms with Crippen LogP contribution in [0.3, 0.4) is 0 Å². The average Bonchev–Trinajstić information content (AvgIpc) is 2.83. The minimum atomic E-state index is -0.139. The molecule has 1 aromatic carbocycles. The summed E-state index contributed by atoms with van der Waals surface area (Å²) >= 11 is 3.55. The molecule has 2 rings (SSSR count). The number of methoxy groups -OCH3 is 1. The zero-order chi connectivity index (χ0) is 14.7. The van der Waals surface area contributed by atoms with Gasteiger partial charge < -0.3 is 4.74 Å². The third-order valence-corrected chi connectivity index (χ3v) is 3.78. The number of ether oxygens (including phenoxy) is 1. The smallest absolute Gasteiger partial charge is 0.118 e. The topological polar surface area (TPSA) is 65.1 Å². The quantitative estimate of drug-likeness (QED) is 0.649. The van der Waals surface area contributed by atoms with Crippen molar-refractivity contribution in [1.82, 2.24) is 15.2 Å². The van der Waals surface area contributed by atoms with Crippen LogP contribution in [0.25, 0.3) is 0 Å². The van der Waals surface area contributed by atoms with Gasteiger partial charge in [-0.25, -0.2) is 5.43 Å². The molecule has 20 heavy (non-hydrogen) atoms. The molecule has 0 amide bonds. The fourth-order valence-corrected chi connectivity index (χ4v) is 2.66. The molecule has 0 saturated carbocycles. The Kier molecular flexibility index (Phi) is 4.80. The highest BCUT2D eigenvalue weighted by molar-refractivity contribution is 9.10. The summed E-state index contributed by atoms with van der Waals surface area (Å²) in [7, 11) is 1.65. The van der Waals surface area contributed by atoms with Crippen molar-refractivity contribution in [3.8, 4) is 5.75 Å². The van der Waals surface area contributed by atoms with E-state index < -0.39 is 0 Å². The van der Waals surface area contributed by atoms with E-state index >= 15 is 0 Å². The maximum atomic E-state index is 5.76. The Hall–Kier alpha value is -1.37. The molecule has 5 nitrogen and oxygen atoms in total. The molecule has 0 radical (unpaired) electrons. The second kappa shape index (κ2) is 6.39. The van der Waals surface area contributed by atoms with E-state index in [0.29, 0.717) is 0 Å². The summed E-state index contributed by atoms with van der Waals surface area (Å²) in [6.45, 7) is 4.18. The van der Waals surface area contributed by atoms with Gasteiger partial charge in [0, 0.05) is 6.04 Å². The molecule has 0 aliphatic rings. The van der Waals surface area contributed by atoms with E-state index in [4.69, 9.17) is 10.6 Å². The summed E-state index contributed by atoms with van der Waals surface area (Å²) in [5.41, 5.74) is 4.92. The van der Waals surface area contributed by atoms with Crippen LogP contribution in [0.5, 0.6) is 5.75 Å². The van der Waals surface area contributed by atoms with Crippen molar-refractivity contribution in [3.63, 3.8) is 0 Å².